The fourth-order valence-corrected chi connectivity index (χ4v) is 1.76. The molecule has 0 atom stereocenters. The summed E-state index contributed by atoms with van der Waals surface area (Å²) in [6, 6.07) is 3.45. The lowest BCUT2D eigenvalue weighted by Gasteiger charge is -2.12. The molecule has 1 amide bonds. The predicted molar refractivity (Wildman–Crippen MR) is 58.1 cm³/mol. The van der Waals surface area contributed by atoms with E-state index in [1.54, 1.807) is 12.1 Å². The number of rotatable bonds is 3. The number of carbonyl (C=O) groups is 1. The number of nitrogen functional groups attached to an aromatic ring is 1. The van der Waals surface area contributed by atoms with Crippen LogP contribution in [0.4, 0.5) is 5.69 Å². The zero-order valence-electron chi connectivity index (χ0n) is 8.63. The lowest BCUT2D eigenvalue weighted by atomic mass is 9.95. The Bertz CT molecular complexity index is 359. The number of benzene rings is 1. The van der Waals surface area contributed by atoms with Crippen LogP contribution in [0.1, 0.15) is 35.3 Å². The number of hydrogen-bond acceptors (Lipinski definition) is 2. The zero-order chi connectivity index (χ0) is 10.7. The molecule has 0 saturated heterocycles. The maximum absolute atomic E-state index is 11.1. The number of nitrogens with two attached hydrogens (primary N) is 2. The Morgan fingerprint density at radius 2 is 1.79 bits per heavy atom. The average Bonchev–Trinajstić information content (AvgIpc) is 2.16. The van der Waals surface area contributed by atoms with Gasteiger partial charge < -0.3 is 11.5 Å². The Morgan fingerprint density at radius 1 is 1.21 bits per heavy atom. The number of hydrogen-bond donors (Lipinski definition) is 2. The van der Waals surface area contributed by atoms with Crippen LogP contribution in [-0.4, -0.2) is 5.91 Å². The van der Waals surface area contributed by atoms with Crippen molar-refractivity contribution in [1.29, 1.82) is 0 Å². The Kier molecular flexibility index (Phi) is 3.12. The molecule has 0 aromatic heterocycles. The van der Waals surface area contributed by atoms with E-state index in [4.69, 9.17) is 11.5 Å². The summed E-state index contributed by atoms with van der Waals surface area (Å²) >= 11 is 0. The zero-order valence-corrected chi connectivity index (χ0v) is 8.63. The standard InChI is InChI=1S/C11H16N2O/c1-3-7-8(4-2)10(12)6-5-9(7)11(13)14/h5-6H,3-4,12H2,1-2H3,(H2,13,14). The van der Waals surface area contributed by atoms with E-state index in [0.29, 0.717) is 5.56 Å². The van der Waals surface area contributed by atoms with Gasteiger partial charge in [-0.15, -0.1) is 0 Å². The van der Waals surface area contributed by atoms with Gasteiger partial charge in [-0.05, 0) is 36.1 Å². The number of amides is 1. The van der Waals surface area contributed by atoms with Crippen LogP contribution in [0.5, 0.6) is 0 Å². The summed E-state index contributed by atoms with van der Waals surface area (Å²) in [5.41, 5.74) is 14.5. The summed E-state index contributed by atoms with van der Waals surface area (Å²) in [6.45, 7) is 4.02. The van der Waals surface area contributed by atoms with Crippen LogP contribution in [0.3, 0.4) is 0 Å². The molecule has 0 spiro atoms. The van der Waals surface area contributed by atoms with E-state index in [2.05, 4.69) is 0 Å². The molecule has 4 N–H and O–H groups in total. The van der Waals surface area contributed by atoms with E-state index in [1.807, 2.05) is 13.8 Å². The van der Waals surface area contributed by atoms with Crippen molar-refractivity contribution in [3.05, 3.63) is 28.8 Å². The lowest BCUT2D eigenvalue weighted by molar-refractivity contribution is 0.0999. The van der Waals surface area contributed by atoms with Crippen molar-refractivity contribution in [2.45, 2.75) is 26.7 Å². The first kappa shape index (κ1) is 10.6. The van der Waals surface area contributed by atoms with E-state index in [-0.39, 0.29) is 5.91 Å². The van der Waals surface area contributed by atoms with Gasteiger partial charge in [-0.3, -0.25) is 4.79 Å². The van der Waals surface area contributed by atoms with E-state index in [9.17, 15) is 4.79 Å². The van der Waals surface area contributed by atoms with Gasteiger partial charge in [-0.2, -0.15) is 0 Å². The molecular weight excluding hydrogens is 176 g/mol. The van der Waals surface area contributed by atoms with Crippen LogP contribution in [0.15, 0.2) is 12.1 Å². The van der Waals surface area contributed by atoms with Gasteiger partial charge in [0.25, 0.3) is 0 Å². The monoisotopic (exact) mass is 192 g/mol. The summed E-state index contributed by atoms with van der Waals surface area (Å²) in [4.78, 5) is 11.1. The summed E-state index contributed by atoms with van der Waals surface area (Å²) in [7, 11) is 0. The lowest BCUT2D eigenvalue weighted by Crippen LogP contribution is -2.15. The largest absolute Gasteiger partial charge is 0.398 e. The molecule has 76 valence electrons. The number of primary amides is 1. The smallest absolute Gasteiger partial charge is 0.248 e. The van der Waals surface area contributed by atoms with Crippen molar-refractivity contribution in [3.8, 4) is 0 Å². The molecule has 3 nitrogen and oxygen atoms in total. The highest BCUT2D eigenvalue weighted by Crippen LogP contribution is 2.22. The van der Waals surface area contributed by atoms with Gasteiger partial charge in [0.2, 0.25) is 5.91 Å². The molecule has 14 heavy (non-hydrogen) atoms. The molecule has 0 saturated carbocycles. The molecule has 0 aliphatic rings. The summed E-state index contributed by atoms with van der Waals surface area (Å²) in [5.74, 6) is -0.378. The second-order valence-electron chi connectivity index (χ2n) is 3.23. The van der Waals surface area contributed by atoms with Crippen LogP contribution in [0, 0.1) is 0 Å². The quantitative estimate of drug-likeness (QED) is 0.712. The SMILES string of the molecule is CCc1c(N)ccc(C(N)=O)c1CC. The highest BCUT2D eigenvalue weighted by Gasteiger charge is 2.12. The molecule has 0 unspecified atom stereocenters. The van der Waals surface area contributed by atoms with Gasteiger partial charge in [0.05, 0.1) is 0 Å². The fraction of sp³-hybridized carbons (Fsp3) is 0.364. The van der Waals surface area contributed by atoms with Crippen LogP contribution >= 0.6 is 0 Å². The Balaban J connectivity index is 3.40. The molecule has 0 fully saturated rings. The van der Waals surface area contributed by atoms with Gasteiger partial charge in [-0.25, -0.2) is 0 Å². The van der Waals surface area contributed by atoms with Crippen molar-refractivity contribution < 1.29 is 4.79 Å². The topological polar surface area (TPSA) is 69.1 Å². The predicted octanol–water partition coefficient (Wildman–Crippen LogP) is 1.49. The molecule has 1 rings (SSSR count). The van der Waals surface area contributed by atoms with Crippen molar-refractivity contribution in [1.82, 2.24) is 0 Å². The Labute approximate surface area is 84.1 Å². The third-order valence-corrected chi connectivity index (χ3v) is 2.44. The fourth-order valence-electron chi connectivity index (χ4n) is 1.76. The van der Waals surface area contributed by atoms with Gasteiger partial charge in [0.15, 0.2) is 0 Å². The minimum Gasteiger partial charge on any atom is -0.398 e. The first-order chi connectivity index (χ1) is 6.61. The molecule has 1 aromatic rings. The van der Waals surface area contributed by atoms with Gasteiger partial charge in [0.1, 0.15) is 0 Å². The third-order valence-electron chi connectivity index (χ3n) is 2.44. The van der Waals surface area contributed by atoms with Crippen molar-refractivity contribution >= 4 is 11.6 Å². The molecular formula is C11H16N2O. The van der Waals surface area contributed by atoms with E-state index in [1.165, 1.54) is 0 Å². The molecule has 0 aliphatic heterocycles. The third kappa shape index (κ3) is 1.71. The van der Waals surface area contributed by atoms with E-state index < -0.39 is 0 Å². The Morgan fingerprint density at radius 3 is 2.21 bits per heavy atom. The average molecular weight is 192 g/mol. The van der Waals surface area contributed by atoms with Gasteiger partial charge in [0, 0.05) is 11.3 Å². The molecule has 0 aliphatic carbocycles. The van der Waals surface area contributed by atoms with E-state index >= 15 is 0 Å². The molecule has 0 radical (unpaired) electrons. The summed E-state index contributed by atoms with van der Waals surface area (Å²) < 4.78 is 0. The second-order valence-corrected chi connectivity index (χ2v) is 3.23. The van der Waals surface area contributed by atoms with E-state index in [0.717, 1.165) is 29.7 Å². The highest BCUT2D eigenvalue weighted by atomic mass is 16.1. The van der Waals surface area contributed by atoms with Crippen LogP contribution in [-0.2, 0) is 12.8 Å². The molecule has 0 bridgehead atoms. The van der Waals surface area contributed by atoms with Crippen molar-refractivity contribution in [2.24, 2.45) is 5.73 Å². The normalized spacial score (nSPS) is 10.1. The maximum Gasteiger partial charge on any atom is 0.248 e. The molecule has 3 heteroatoms. The van der Waals surface area contributed by atoms with Crippen LogP contribution in [0.2, 0.25) is 0 Å². The highest BCUT2D eigenvalue weighted by molar-refractivity contribution is 5.95. The second kappa shape index (κ2) is 4.13. The summed E-state index contributed by atoms with van der Waals surface area (Å²) in [5, 5.41) is 0. The summed E-state index contributed by atoms with van der Waals surface area (Å²) in [6.07, 6.45) is 1.61. The number of anilines is 1. The van der Waals surface area contributed by atoms with Gasteiger partial charge >= 0.3 is 0 Å². The maximum atomic E-state index is 11.1. The number of carbonyl (C=O) groups excluding carboxylic acids is 1. The minimum atomic E-state index is -0.378. The van der Waals surface area contributed by atoms with Crippen molar-refractivity contribution in [3.63, 3.8) is 0 Å². The molecule has 0 heterocycles. The molecule has 1 aromatic carbocycles. The van der Waals surface area contributed by atoms with Crippen LogP contribution in [0.25, 0.3) is 0 Å². The van der Waals surface area contributed by atoms with Gasteiger partial charge in [-0.1, -0.05) is 13.8 Å². The minimum absolute atomic E-state index is 0.378. The Hall–Kier alpha value is -1.51. The first-order valence-corrected chi connectivity index (χ1v) is 4.81. The van der Waals surface area contributed by atoms with Crippen LogP contribution < -0.4 is 11.5 Å². The first-order valence-electron chi connectivity index (χ1n) is 4.81. The van der Waals surface area contributed by atoms with Crippen molar-refractivity contribution in [2.75, 3.05) is 5.73 Å².